The largest absolute Gasteiger partial charge is 0.317 e. The summed E-state index contributed by atoms with van der Waals surface area (Å²) in [6.45, 7) is 2.61. The first-order valence-electron chi connectivity index (χ1n) is 9.46. The molecule has 0 aliphatic carbocycles. The summed E-state index contributed by atoms with van der Waals surface area (Å²) < 4.78 is 56.3. The van der Waals surface area contributed by atoms with Crippen molar-refractivity contribution in [2.45, 2.75) is 37.2 Å². The van der Waals surface area contributed by atoms with Gasteiger partial charge < -0.3 is 4.57 Å². The van der Waals surface area contributed by atoms with Crippen molar-refractivity contribution in [1.29, 1.82) is 0 Å². The summed E-state index contributed by atoms with van der Waals surface area (Å²) in [6.07, 6.45) is 0.881. The number of aromatic nitrogens is 1. The second-order valence-electron chi connectivity index (χ2n) is 6.92. The van der Waals surface area contributed by atoms with Gasteiger partial charge in [0, 0.05) is 13.1 Å². The standard InChI is InChI=1S/C20H19F2N3O3S2/c1-2-24-16-10-7-14(22)12-18(16)29-20(24)23-19(26)17-4-3-11-25(17)30(27,28)15-8-5-13(21)6-9-15/h5-10,12,17H,2-4,11H2,1H3. The highest BCUT2D eigenvalue weighted by Gasteiger charge is 2.39. The number of hydrogen-bond donors (Lipinski definition) is 0. The molecule has 2 aromatic carbocycles. The monoisotopic (exact) mass is 451 g/mol. The van der Waals surface area contributed by atoms with Crippen molar-refractivity contribution < 1.29 is 22.0 Å². The molecule has 30 heavy (non-hydrogen) atoms. The Hall–Kier alpha value is -2.43. The van der Waals surface area contributed by atoms with Crippen LogP contribution >= 0.6 is 11.3 Å². The molecule has 1 aromatic heterocycles. The van der Waals surface area contributed by atoms with Crippen LogP contribution in [0, 0.1) is 11.6 Å². The highest BCUT2D eigenvalue weighted by atomic mass is 32.2. The summed E-state index contributed by atoms with van der Waals surface area (Å²) in [7, 11) is -3.96. The van der Waals surface area contributed by atoms with Gasteiger partial charge in [0.2, 0.25) is 10.0 Å². The molecule has 2 heterocycles. The van der Waals surface area contributed by atoms with Crippen molar-refractivity contribution in [2.24, 2.45) is 4.99 Å². The molecule has 1 atom stereocenters. The van der Waals surface area contributed by atoms with E-state index in [0.29, 0.717) is 28.9 Å². The van der Waals surface area contributed by atoms with Crippen molar-refractivity contribution >= 4 is 37.5 Å². The molecule has 1 aliphatic rings. The molecular weight excluding hydrogens is 432 g/mol. The lowest BCUT2D eigenvalue weighted by atomic mass is 10.2. The molecule has 10 heteroatoms. The van der Waals surface area contributed by atoms with Crippen molar-refractivity contribution in [1.82, 2.24) is 8.87 Å². The molecule has 0 radical (unpaired) electrons. The van der Waals surface area contributed by atoms with Gasteiger partial charge in [0.1, 0.15) is 17.7 Å². The van der Waals surface area contributed by atoms with Crippen LogP contribution in [0.4, 0.5) is 8.78 Å². The van der Waals surface area contributed by atoms with Crippen LogP contribution < -0.4 is 4.80 Å². The predicted octanol–water partition coefficient (Wildman–Crippen LogP) is 3.28. The number of fused-ring (bicyclic) bond motifs is 1. The normalized spacial score (nSPS) is 18.4. The Kier molecular flexibility index (Phi) is 5.56. The molecule has 1 aliphatic heterocycles. The smallest absolute Gasteiger partial charge is 0.266 e. The number of rotatable bonds is 4. The Balaban J connectivity index is 1.71. The highest BCUT2D eigenvalue weighted by Crippen LogP contribution is 2.27. The fourth-order valence-electron chi connectivity index (χ4n) is 3.62. The summed E-state index contributed by atoms with van der Waals surface area (Å²) in [5.74, 6) is -1.48. The zero-order chi connectivity index (χ0) is 21.5. The van der Waals surface area contributed by atoms with E-state index in [1.54, 1.807) is 10.6 Å². The summed E-state index contributed by atoms with van der Waals surface area (Å²) >= 11 is 1.18. The Morgan fingerprint density at radius 2 is 1.87 bits per heavy atom. The van der Waals surface area contributed by atoms with E-state index in [1.165, 1.54) is 35.6 Å². The number of carbonyl (C=O) groups is 1. The third-order valence-electron chi connectivity index (χ3n) is 5.08. The van der Waals surface area contributed by atoms with Gasteiger partial charge in [0.15, 0.2) is 4.80 Å². The van der Waals surface area contributed by atoms with Gasteiger partial charge in [-0.1, -0.05) is 11.3 Å². The average molecular weight is 452 g/mol. The van der Waals surface area contributed by atoms with Gasteiger partial charge in [-0.15, -0.1) is 0 Å². The predicted molar refractivity (Wildman–Crippen MR) is 109 cm³/mol. The number of carbonyl (C=O) groups excluding carboxylic acids is 1. The van der Waals surface area contributed by atoms with Crippen LogP contribution in [0.1, 0.15) is 19.8 Å². The van der Waals surface area contributed by atoms with E-state index in [2.05, 4.69) is 4.99 Å². The van der Waals surface area contributed by atoms with Gasteiger partial charge in [0.05, 0.1) is 15.1 Å². The first kappa shape index (κ1) is 20.8. The molecule has 1 amide bonds. The quantitative estimate of drug-likeness (QED) is 0.611. The van der Waals surface area contributed by atoms with Gasteiger partial charge in [0.25, 0.3) is 5.91 Å². The minimum absolute atomic E-state index is 0.0652. The van der Waals surface area contributed by atoms with E-state index >= 15 is 0 Å². The second kappa shape index (κ2) is 8.01. The second-order valence-corrected chi connectivity index (χ2v) is 9.82. The topological polar surface area (TPSA) is 71.7 Å². The molecule has 1 saturated heterocycles. The lowest BCUT2D eigenvalue weighted by molar-refractivity contribution is -0.121. The number of sulfonamides is 1. The van der Waals surface area contributed by atoms with Gasteiger partial charge in [-0.2, -0.15) is 9.30 Å². The summed E-state index contributed by atoms with van der Waals surface area (Å²) in [5, 5.41) is 0. The minimum Gasteiger partial charge on any atom is -0.317 e. The molecule has 1 unspecified atom stereocenters. The third kappa shape index (κ3) is 3.70. The zero-order valence-corrected chi connectivity index (χ0v) is 17.7. The van der Waals surface area contributed by atoms with Crippen molar-refractivity contribution in [3.8, 4) is 0 Å². The molecular formula is C20H19F2N3O3S2. The Bertz CT molecular complexity index is 1280. The van der Waals surface area contributed by atoms with Crippen LogP contribution in [-0.4, -0.2) is 35.8 Å². The van der Waals surface area contributed by atoms with Gasteiger partial charge in [-0.3, -0.25) is 4.79 Å². The molecule has 3 aromatic rings. The third-order valence-corrected chi connectivity index (χ3v) is 8.04. The maximum Gasteiger partial charge on any atom is 0.266 e. The van der Waals surface area contributed by atoms with E-state index in [4.69, 9.17) is 0 Å². The lowest BCUT2D eigenvalue weighted by Gasteiger charge is -2.21. The first-order chi connectivity index (χ1) is 14.3. The number of aryl methyl sites for hydroxylation is 1. The zero-order valence-electron chi connectivity index (χ0n) is 16.1. The van der Waals surface area contributed by atoms with E-state index in [1.807, 2.05) is 6.92 Å². The molecule has 0 saturated carbocycles. The summed E-state index contributed by atoms with van der Waals surface area (Å²) in [5.41, 5.74) is 0.762. The SMILES string of the molecule is CCn1c(=NC(=O)C2CCCN2S(=O)(=O)c2ccc(F)cc2)sc2cc(F)ccc21. The van der Waals surface area contributed by atoms with Crippen LogP contribution in [-0.2, 0) is 21.4 Å². The van der Waals surface area contributed by atoms with Crippen LogP contribution in [0.25, 0.3) is 10.2 Å². The van der Waals surface area contributed by atoms with Crippen molar-refractivity contribution in [3.05, 3.63) is 58.9 Å². The fraction of sp³-hybridized carbons (Fsp3) is 0.300. The van der Waals surface area contributed by atoms with E-state index in [0.717, 1.165) is 22.0 Å². The molecule has 158 valence electrons. The number of hydrogen-bond acceptors (Lipinski definition) is 4. The number of thiazole rings is 1. The van der Waals surface area contributed by atoms with Crippen molar-refractivity contribution in [3.63, 3.8) is 0 Å². The number of benzene rings is 2. The molecule has 1 fully saturated rings. The molecule has 0 N–H and O–H groups in total. The Labute approximate surface area is 176 Å². The Morgan fingerprint density at radius 1 is 1.17 bits per heavy atom. The lowest BCUT2D eigenvalue weighted by Crippen LogP contribution is -2.40. The van der Waals surface area contributed by atoms with Crippen LogP contribution in [0.3, 0.4) is 0 Å². The first-order valence-corrected chi connectivity index (χ1v) is 11.7. The Morgan fingerprint density at radius 3 is 2.57 bits per heavy atom. The number of nitrogens with zero attached hydrogens (tertiary/aromatic N) is 3. The van der Waals surface area contributed by atoms with E-state index in [9.17, 15) is 22.0 Å². The molecule has 0 bridgehead atoms. The number of amides is 1. The van der Waals surface area contributed by atoms with Crippen LogP contribution in [0.15, 0.2) is 52.4 Å². The summed E-state index contributed by atoms with van der Waals surface area (Å²) in [4.78, 5) is 17.5. The van der Waals surface area contributed by atoms with Gasteiger partial charge in [-0.25, -0.2) is 17.2 Å². The highest BCUT2D eigenvalue weighted by molar-refractivity contribution is 7.89. The van der Waals surface area contributed by atoms with Crippen LogP contribution in [0.2, 0.25) is 0 Å². The van der Waals surface area contributed by atoms with E-state index in [-0.39, 0.29) is 17.3 Å². The van der Waals surface area contributed by atoms with Crippen molar-refractivity contribution in [2.75, 3.05) is 6.54 Å². The fourth-order valence-corrected chi connectivity index (χ4v) is 6.40. The molecule has 6 nitrogen and oxygen atoms in total. The maximum atomic E-state index is 13.6. The van der Waals surface area contributed by atoms with Gasteiger partial charge in [-0.05, 0) is 62.2 Å². The maximum absolute atomic E-state index is 13.6. The minimum atomic E-state index is -3.96. The summed E-state index contributed by atoms with van der Waals surface area (Å²) in [6, 6.07) is 7.97. The average Bonchev–Trinajstić information content (AvgIpc) is 3.32. The molecule has 4 rings (SSSR count). The van der Waals surface area contributed by atoms with Gasteiger partial charge >= 0.3 is 0 Å². The van der Waals surface area contributed by atoms with Crippen LogP contribution in [0.5, 0.6) is 0 Å². The molecule has 0 spiro atoms. The number of halogens is 2. The van der Waals surface area contributed by atoms with E-state index < -0.39 is 27.8 Å².